The first kappa shape index (κ1) is 10.4. The van der Waals surface area contributed by atoms with Crippen molar-refractivity contribution in [3.05, 3.63) is 0 Å². The molecule has 0 aliphatic rings. The summed E-state index contributed by atoms with van der Waals surface area (Å²) in [4.78, 5) is 14.8. The van der Waals surface area contributed by atoms with Gasteiger partial charge in [0, 0.05) is 11.2 Å². The third-order valence-electron chi connectivity index (χ3n) is 0. The summed E-state index contributed by atoms with van der Waals surface area (Å²) >= 11 is 4.20. The molecule has 0 heterocycles. The predicted octanol–water partition coefficient (Wildman–Crippen LogP) is -0.598. The molecule has 0 saturated heterocycles. The molecular formula is H4ClO3PPb. The molecule has 0 bridgehead atoms. The molecule has 0 fully saturated rings. The molecule has 0 aromatic heterocycles. The second-order valence-electron chi connectivity index (χ2n) is 0.473. The third kappa shape index (κ3) is 55.0. The van der Waals surface area contributed by atoms with Crippen molar-refractivity contribution in [3.8, 4) is 0 Å². The van der Waals surface area contributed by atoms with Crippen molar-refractivity contribution >= 4 is 45.5 Å². The van der Waals surface area contributed by atoms with E-state index in [1.165, 1.54) is 0 Å². The van der Waals surface area contributed by atoms with E-state index in [9.17, 15) is 0 Å². The Bertz CT molecular complexity index is 56.9. The molecule has 6 heavy (non-hydrogen) atoms. The molecule has 6 heteroatoms. The van der Waals surface area contributed by atoms with Gasteiger partial charge < -0.3 is 9.79 Å². The van der Waals surface area contributed by atoms with Crippen LogP contribution in [0.1, 0.15) is 0 Å². The summed E-state index contributed by atoms with van der Waals surface area (Å²) < 4.78 is 9.09. The number of halogens is 1. The average molecular weight is 326 g/mol. The maximum absolute atomic E-state index is 9.09. The van der Waals surface area contributed by atoms with Crippen LogP contribution >= 0.6 is 18.2 Å². The van der Waals surface area contributed by atoms with Crippen molar-refractivity contribution in [1.29, 1.82) is 0 Å². The molecule has 2 radical (unpaired) electrons. The van der Waals surface area contributed by atoms with Gasteiger partial charge in [-0.3, -0.25) is 0 Å². The van der Waals surface area contributed by atoms with Crippen LogP contribution in [0.15, 0.2) is 0 Å². The number of hydrogen-bond acceptors (Lipinski definition) is 1. The van der Waals surface area contributed by atoms with Crippen LogP contribution in [0.4, 0.5) is 0 Å². The topological polar surface area (TPSA) is 57.5 Å². The van der Waals surface area contributed by atoms with Crippen molar-refractivity contribution in [2.45, 2.75) is 0 Å². The monoisotopic (exact) mass is 326 g/mol. The normalized spacial score (nSPS) is 9.83. The Labute approximate surface area is 59.8 Å². The van der Waals surface area contributed by atoms with Crippen LogP contribution < -0.4 is 0 Å². The van der Waals surface area contributed by atoms with Crippen molar-refractivity contribution < 1.29 is 14.4 Å². The predicted molar refractivity (Wildman–Crippen MR) is 26.4 cm³/mol. The van der Waals surface area contributed by atoms with Gasteiger partial charge in [-0.15, -0.1) is 0 Å². The van der Waals surface area contributed by atoms with Crippen molar-refractivity contribution in [2.75, 3.05) is 0 Å². The standard InChI is InChI=1S/ClH2O3P.Pb.2H/c1-5(2,3)4;;;/h(H2,2,3,4);;;. The molecule has 0 spiro atoms. The first-order valence-electron chi connectivity index (χ1n) is 0.752. The number of rotatable bonds is 0. The quantitative estimate of drug-likeness (QED) is 0.462. The van der Waals surface area contributed by atoms with Crippen LogP contribution in [-0.2, 0) is 4.57 Å². The summed E-state index contributed by atoms with van der Waals surface area (Å²) in [7, 11) is 0. The Morgan fingerprint density at radius 1 is 1.50 bits per heavy atom. The van der Waals surface area contributed by atoms with Crippen LogP contribution in [0.2, 0.25) is 0 Å². The van der Waals surface area contributed by atoms with Crippen LogP contribution in [0, 0.1) is 0 Å². The van der Waals surface area contributed by atoms with E-state index in [4.69, 9.17) is 14.4 Å². The SMILES string of the molecule is O=P(O)(O)Cl.[PbH2]. The van der Waals surface area contributed by atoms with E-state index in [-0.39, 0.29) is 27.3 Å². The van der Waals surface area contributed by atoms with E-state index in [1.54, 1.807) is 0 Å². The van der Waals surface area contributed by atoms with Gasteiger partial charge in [0.1, 0.15) is 0 Å². The van der Waals surface area contributed by atoms with Gasteiger partial charge in [0.15, 0.2) is 0 Å². The minimum atomic E-state index is -4.17. The van der Waals surface area contributed by atoms with E-state index in [0.717, 1.165) is 0 Å². The van der Waals surface area contributed by atoms with Gasteiger partial charge in [-0.2, -0.15) is 0 Å². The Morgan fingerprint density at radius 3 is 1.50 bits per heavy atom. The summed E-state index contributed by atoms with van der Waals surface area (Å²) in [5.74, 6) is 0. The molecule has 0 aliphatic heterocycles. The zero-order valence-corrected chi connectivity index (χ0v) is 9.98. The van der Waals surface area contributed by atoms with Gasteiger partial charge in [0.05, 0.1) is 0 Å². The van der Waals surface area contributed by atoms with E-state index >= 15 is 0 Å². The third-order valence-corrected chi connectivity index (χ3v) is 0. The fourth-order valence-corrected chi connectivity index (χ4v) is 0. The molecule has 38 valence electrons. The van der Waals surface area contributed by atoms with E-state index < -0.39 is 6.95 Å². The zero-order valence-electron chi connectivity index (χ0n) is 2.83. The molecule has 0 unspecified atom stereocenters. The molecule has 0 aromatic rings. The molecule has 3 nitrogen and oxygen atoms in total. The van der Waals surface area contributed by atoms with Crippen molar-refractivity contribution in [2.24, 2.45) is 0 Å². The van der Waals surface area contributed by atoms with Crippen LogP contribution in [0.3, 0.4) is 0 Å². The molecule has 0 amide bonds. The molecule has 0 atom stereocenters. The summed E-state index contributed by atoms with van der Waals surface area (Å²) in [5.41, 5.74) is 0. The first-order valence-corrected chi connectivity index (χ1v) is 3.27. The average Bonchev–Trinajstić information content (AvgIpc) is 0.722. The Kier molecular flexibility index (Phi) is 5.83. The van der Waals surface area contributed by atoms with Gasteiger partial charge in [0.25, 0.3) is 0 Å². The molecule has 0 rings (SSSR count). The van der Waals surface area contributed by atoms with Gasteiger partial charge in [-0.25, -0.2) is 4.57 Å². The molecular weight excluding hydrogens is 322 g/mol. The Balaban J connectivity index is 0. The fraction of sp³-hybridized carbons (Fsp3) is 0. The second-order valence-corrected chi connectivity index (χ2v) is 2.74. The van der Waals surface area contributed by atoms with Crippen molar-refractivity contribution in [3.63, 3.8) is 0 Å². The van der Waals surface area contributed by atoms with Crippen molar-refractivity contribution in [1.82, 2.24) is 0 Å². The molecule has 0 saturated carbocycles. The van der Waals surface area contributed by atoms with Crippen LogP contribution in [-0.4, -0.2) is 37.1 Å². The van der Waals surface area contributed by atoms with Crippen LogP contribution in [0.5, 0.6) is 0 Å². The van der Waals surface area contributed by atoms with Gasteiger partial charge in [-0.05, 0) is 0 Å². The van der Waals surface area contributed by atoms with E-state index in [0.29, 0.717) is 0 Å². The molecule has 2 N–H and O–H groups in total. The minimum absolute atomic E-state index is 0. The van der Waals surface area contributed by atoms with Gasteiger partial charge in [0.2, 0.25) is 0 Å². The maximum atomic E-state index is 9.09. The molecule has 0 aliphatic carbocycles. The zero-order chi connectivity index (χ0) is 4.50. The summed E-state index contributed by atoms with van der Waals surface area (Å²) in [6.45, 7) is -4.17. The number of hydrogen-bond donors (Lipinski definition) is 2. The first-order chi connectivity index (χ1) is 2.00. The Morgan fingerprint density at radius 2 is 1.50 bits per heavy atom. The summed E-state index contributed by atoms with van der Waals surface area (Å²) in [6.07, 6.45) is 0. The Hall–Kier alpha value is 1.36. The second kappa shape index (κ2) is 3.37. The summed E-state index contributed by atoms with van der Waals surface area (Å²) in [6, 6.07) is 0. The fourth-order valence-electron chi connectivity index (χ4n) is 0. The van der Waals surface area contributed by atoms with Gasteiger partial charge >= 0.3 is 34.2 Å². The van der Waals surface area contributed by atoms with E-state index in [1.807, 2.05) is 0 Å². The molecule has 0 aromatic carbocycles. The van der Waals surface area contributed by atoms with Gasteiger partial charge in [-0.1, -0.05) is 0 Å². The van der Waals surface area contributed by atoms with Crippen LogP contribution in [0.25, 0.3) is 0 Å². The summed E-state index contributed by atoms with van der Waals surface area (Å²) in [5, 5.41) is 0. The van der Waals surface area contributed by atoms with E-state index in [2.05, 4.69) is 11.2 Å².